The molecule has 1 aliphatic rings. The third kappa shape index (κ3) is 2.99. The quantitative estimate of drug-likeness (QED) is 0.690. The molecule has 1 saturated carbocycles. The Hall–Kier alpha value is -0.550. The van der Waals surface area contributed by atoms with Crippen LogP contribution in [0.1, 0.15) is 46.0 Å². The van der Waals surface area contributed by atoms with Crippen LogP contribution in [0.15, 0.2) is 0 Å². The van der Waals surface area contributed by atoms with E-state index in [1.807, 2.05) is 0 Å². The van der Waals surface area contributed by atoms with Crippen LogP contribution in [-0.2, 0) is 4.74 Å². The van der Waals surface area contributed by atoms with Gasteiger partial charge in [-0.3, -0.25) is 0 Å². The minimum Gasteiger partial charge on any atom is -0.377 e. The highest BCUT2D eigenvalue weighted by Crippen LogP contribution is 2.32. The molecule has 0 saturated heterocycles. The highest BCUT2D eigenvalue weighted by atomic mass is 16.5. The van der Waals surface area contributed by atoms with E-state index in [-0.39, 0.29) is 12.0 Å². The molecule has 3 unspecified atom stereocenters. The van der Waals surface area contributed by atoms with Gasteiger partial charge in [0.2, 0.25) is 0 Å². The second-order valence-corrected chi connectivity index (χ2v) is 4.23. The van der Waals surface area contributed by atoms with Gasteiger partial charge in [-0.15, -0.1) is 0 Å². The van der Waals surface area contributed by atoms with E-state index in [1.54, 1.807) is 0 Å². The van der Waals surface area contributed by atoms with Crippen molar-refractivity contribution in [2.75, 3.05) is 6.61 Å². The molecular weight excluding hydrogens is 174 g/mol. The number of ether oxygens (including phenoxy) is 1. The van der Waals surface area contributed by atoms with Crippen molar-refractivity contribution < 1.29 is 4.74 Å². The van der Waals surface area contributed by atoms with Crippen LogP contribution in [0.25, 0.3) is 0 Å². The Morgan fingerprint density at radius 1 is 1.36 bits per heavy atom. The van der Waals surface area contributed by atoms with E-state index in [1.165, 1.54) is 12.8 Å². The smallest absolute Gasteiger partial charge is 0.0735 e. The third-order valence-corrected chi connectivity index (χ3v) is 3.18. The van der Waals surface area contributed by atoms with Crippen LogP contribution >= 0.6 is 0 Å². The summed E-state index contributed by atoms with van der Waals surface area (Å²) in [5, 5.41) is 8.99. The van der Waals surface area contributed by atoms with Gasteiger partial charge in [-0.05, 0) is 31.6 Å². The first kappa shape index (κ1) is 11.5. The zero-order chi connectivity index (χ0) is 10.4. The van der Waals surface area contributed by atoms with Crippen molar-refractivity contribution in [3.63, 3.8) is 0 Å². The normalized spacial score (nSPS) is 32.5. The lowest BCUT2D eigenvalue weighted by atomic mass is 9.79. The Kier molecular flexibility index (Phi) is 4.97. The first-order valence-corrected chi connectivity index (χ1v) is 5.83. The molecule has 0 bridgehead atoms. The minimum absolute atomic E-state index is 0.143. The van der Waals surface area contributed by atoms with E-state index >= 15 is 0 Å². The second-order valence-electron chi connectivity index (χ2n) is 4.23. The van der Waals surface area contributed by atoms with E-state index in [4.69, 9.17) is 10.00 Å². The van der Waals surface area contributed by atoms with Crippen molar-refractivity contribution >= 4 is 0 Å². The summed E-state index contributed by atoms with van der Waals surface area (Å²) in [6.45, 7) is 5.15. The Balaban J connectivity index is 2.43. The number of nitrogens with zero attached hydrogens (tertiary/aromatic N) is 1. The average molecular weight is 195 g/mol. The summed E-state index contributed by atoms with van der Waals surface area (Å²) >= 11 is 0. The van der Waals surface area contributed by atoms with E-state index in [2.05, 4.69) is 19.9 Å². The molecule has 80 valence electrons. The van der Waals surface area contributed by atoms with E-state index in [9.17, 15) is 0 Å². The predicted molar refractivity (Wildman–Crippen MR) is 56.8 cm³/mol. The van der Waals surface area contributed by atoms with E-state index in [0.717, 1.165) is 31.8 Å². The molecule has 0 aromatic rings. The topological polar surface area (TPSA) is 33.0 Å². The Labute approximate surface area is 87.3 Å². The summed E-state index contributed by atoms with van der Waals surface area (Å²) in [6, 6.07) is 2.38. The predicted octanol–water partition coefficient (Wildman–Crippen LogP) is 3.13. The molecule has 0 heterocycles. The minimum atomic E-state index is 0.143. The highest BCUT2D eigenvalue weighted by Gasteiger charge is 2.30. The van der Waals surface area contributed by atoms with Gasteiger partial charge in [0.25, 0.3) is 0 Å². The van der Waals surface area contributed by atoms with Gasteiger partial charge < -0.3 is 4.74 Å². The Bertz CT molecular complexity index is 197. The Morgan fingerprint density at radius 2 is 2.14 bits per heavy atom. The van der Waals surface area contributed by atoms with Crippen molar-refractivity contribution in [1.82, 2.24) is 0 Å². The van der Waals surface area contributed by atoms with Crippen molar-refractivity contribution in [2.24, 2.45) is 11.8 Å². The van der Waals surface area contributed by atoms with Crippen LogP contribution in [0.3, 0.4) is 0 Å². The van der Waals surface area contributed by atoms with E-state index < -0.39 is 0 Å². The van der Waals surface area contributed by atoms with Crippen LogP contribution in [-0.4, -0.2) is 12.7 Å². The average Bonchev–Trinajstić information content (AvgIpc) is 2.25. The second kappa shape index (κ2) is 6.03. The number of hydrogen-bond donors (Lipinski definition) is 0. The molecule has 0 aliphatic heterocycles. The van der Waals surface area contributed by atoms with Gasteiger partial charge in [0.15, 0.2) is 0 Å². The summed E-state index contributed by atoms with van der Waals surface area (Å²) < 4.78 is 5.75. The maximum atomic E-state index is 8.99. The SMILES string of the molecule is CCCOC1CC(CC)CCC1C#N. The molecular formula is C12H21NO. The zero-order valence-electron chi connectivity index (χ0n) is 9.33. The fourth-order valence-corrected chi connectivity index (χ4v) is 2.18. The van der Waals surface area contributed by atoms with Crippen LogP contribution < -0.4 is 0 Å². The molecule has 1 aliphatic carbocycles. The van der Waals surface area contributed by atoms with Gasteiger partial charge in [0.05, 0.1) is 18.1 Å². The summed E-state index contributed by atoms with van der Waals surface area (Å²) in [5.41, 5.74) is 0. The molecule has 14 heavy (non-hydrogen) atoms. The molecule has 2 nitrogen and oxygen atoms in total. The molecule has 0 N–H and O–H groups in total. The maximum Gasteiger partial charge on any atom is 0.0735 e. The summed E-state index contributed by atoms with van der Waals surface area (Å²) in [6.07, 6.45) is 5.81. The van der Waals surface area contributed by atoms with Gasteiger partial charge in [-0.25, -0.2) is 0 Å². The summed E-state index contributed by atoms with van der Waals surface area (Å²) in [5.74, 6) is 0.922. The van der Waals surface area contributed by atoms with Gasteiger partial charge in [0.1, 0.15) is 0 Å². The van der Waals surface area contributed by atoms with Gasteiger partial charge >= 0.3 is 0 Å². The molecule has 0 radical (unpaired) electrons. The molecule has 0 aromatic heterocycles. The summed E-state index contributed by atoms with van der Waals surface area (Å²) in [7, 11) is 0. The molecule has 1 rings (SSSR count). The molecule has 2 heteroatoms. The van der Waals surface area contributed by atoms with E-state index in [0.29, 0.717) is 0 Å². The van der Waals surface area contributed by atoms with Gasteiger partial charge in [-0.1, -0.05) is 20.3 Å². The fourth-order valence-electron chi connectivity index (χ4n) is 2.18. The monoisotopic (exact) mass is 195 g/mol. The lowest BCUT2D eigenvalue weighted by Gasteiger charge is -2.32. The van der Waals surface area contributed by atoms with Crippen molar-refractivity contribution in [2.45, 2.75) is 52.1 Å². The Morgan fingerprint density at radius 3 is 2.71 bits per heavy atom. The fraction of sp³-hybridized carbons (Fsp3) is 0.917. The molecule has 0 aromatic carbocycles. The third-order valence-electron chi connectivity index (χ3n) is 3.18. The first-order valence-electron chi connectivity index (χ1n) is 5.83. The number of nitriles is 1. The van der Waals surface area contributed by atoms with Crippen LogP contribution in [0.5, 0.6) is 0 Å². The van der Waals surface area contributed by atoms with Crippen LogP contribution in [0.2, 0.25) is 0 Å². The lowest BCUT2D eigenvalue weighted by Crippen LogP contribution is -2.31. The van der Waals surface area contributed by atoms with Gasteiger partial charge in [-0.2, -0.15) is 5.26 Å². The molecule has 0 amide bonds. The van der Waals surface area contributed by atoms with Crippen LogP contribution in [0.4, 0.5) is 0 Å². The van der Waals surface area contributed by atoms with Crippen molar-refractivity contribution in [1.29, 1.82) is 5.26 Å². The molecule has 3 atom stereocenters. The molecule has 1 fully saturated rings. The van der Waals surface area contributed by atoms with Crippen LogP contribution in [0, 0.1) is 23.2 Å². The number of rotatable bonds is 4. The highest BCUT2D eigenvalue weighted by molar-refractivity contribution is 4.93. The standard InChI is InChI=1S/C12H21NO/c1-3-7-14-12-8-10(4-2)5-6-11(12)9-13/h10-12H,3-8H2,1-2H3. The van der Waals surface area contributed by atoms with Gasteiger partial charge in [0, 0.05) is 6.61 Å². The largest absolute Gasteiger partial charge is 0.377 e. The van der Waals surface area contributed by atoms with Crippen molar-refractivity contribution in [3.8, 4) is 6.07 Å². The first-order chi connectivity index (χ1) is 6.81. The molecule has 0 spiro atoms. The lowest BCUT2D eigenvalue weighted by molar-refractivity contribution is -0.00966. The van der Waals surface area contributed by atoms with Crippen molar-refractivity contribution in [3.05, 3.63) is 0 Å². The maximum absolute atomic E-state index is 8.99. The summed E-state index contributed by atoms with van der Waals surface area (Å²) in [4.78, 5) is 0. The number of hydrogen-bond acceptors (Lipinski definition) is 2. The zero-order valence-corrected chi connectivity index (χ0v) is 9.33.